The highest BCUT2D eigenvalue weighted by Crippen LogP contribution is 2.15. The quantitative estimate of drug-likeness (QED) is 0.147. The van der Waals surface area contributed by atoms with Crippen LogP contribution in [0.1, 0.15) is 120 Å². The van der Waals surface area contributed by atoms with Crippen molar-refractivity contribution >= 4 is 5.97 Å². The van der Waals surface area contributed by atoms with E-state index in [0.717, 1.165) is 12.8 Å². The maximum Gasteiger partial charge on any atom is 0.338 e. The Morgan fingerprint density at radius 2 is 1.31 bits per heavy atom. The molecule has 32 heavy (non-hydrogen) atoms. The summed E-state index contributed by atoms with van der Waals surface area (Å²) < 4.78 is 11.3. The van der Waals surface area contributed by atoms with Crippen molar-refractivity contribution in [3.63, 3.8) is 0 Å². The first-order valence-electron chi connectivity index (χ1n) is 13.2. The van der Waals surface area contributed by atoms with Crippen LogP contribution in [-0.4, -0.2) is 37.0 Å². The Morgan fingerprint density at radius 1 is 0.781 bits per heavy atom. The average molecular weight is 449 g/mol. The Balaban J connectivity index is 2.09. The van der Waals surface area contributed by atoms with Gasteiger partial charge in [0.1, 0.15) is 6.10 Å². The van der Waals surface area contributed by atoms with Gasteiger partial charge in [-0.15, -0.1) is 0 Å². The Hall–Kier alpha value is -1.39. The summed E-state index contributed by atoms with van der Waals surface area (Å²) in [4.78, 5) is 12.4. The molecule has 0 bridgehead atoms. The zero-order valence-electron chi connectivity index (χ0n) is 20.6. The number of benzene rings is 1. The molecule has 0 spiro atoms. The predicted molar refractivity (Wildman–Crippen MR) is 133 cm³/mol. The summed E-state index contributed by atoms with van der Waals surface area (Å²) >= 11 is 0. The molecule has 1 atom stereocenters. The van der Waals surface area contributed by atoms with E-state index in [2.05, 4.69) is 6.92 Å². The molecule has 1 N–H and O–H groups in total. The molecule has 1 rings (SSSR count). The van der Waals surface area contributed by atoms with E-state index in [-0.39, 0.29) is 18.7 Å². The van der Waals surface area contributed by atoms with Crippen LogP contribution in [0.2, 0.25) is 0 Å². The minimum Gasteiger partial charge on any atom is -0.456 e. The van der Waals surface area contributed by atoms with Gasteiger partial charge >= 0.3 is 5.97 Å². The number of hydrogen-bond donors (Lipinski definition) is 1. The van der Waals surface area contributed by atoms with Crippen LogP contribution in [0.15, 0.2) is 30.3 Å². The lowest BCUT2D eigenvalue weighted by Crippen LogP contribution is -2.24. The highest BCUT2D eigenvalue weighted by Gasteiger charge is 2.16. The molecule has 0 amide bonds. The highest BCUT2D eigenvalue weighted by atomic mass is 16.6. The molecule has 1 aromatic carbocycles. The first-order chi connectivity index (χ1) is 15.8. The standard InChI is InChI=1S/C28H48O4/c1-2-3-4-5-6-7-8-9-10-11-12-13-14-18-22-27(25-31-24-19-23-29)32-28(30)26-20-16-15-17-21-26/h15-17,20-21,27,29H,2-14,18-19,22-25H2,1H3. The Morgan fingerprint density at radius 3 is 1.84 bits per heavy atom. The number of ether oxygens (including phenoxy) is 2. The summed E-state index contributed by atoms with van der Waals surface area (Å²) in [7, 11) is 0. The van der Waals surface area contributed by atoms with Crippen molar-refractivity contribution in [3.8, 4) is 0 Å². The van der Waals surface area contributed by atoms with E-state index < -0.39 is 0 Å². The Labute approximate surface area is 197 Å². The third-order valence-corrected chi connectivity index (χ3v) is 5.91. The Bertz CT molecular complexity index is 531. The van der Waals surface area contributed by atoms with Crippen LogP contribution in [0, 0.1) is 0 Å². The van der Waals surface area contributed by atoms with Crippen molar-refractivity contribution in [1.82, 2.24) is 0 Å². The van der Waals surface area contributed by atoms with Crippen LogP contribution in [0.5, 0.6) is 0 Å². The van der Waals surface area contributed by atoms with Crippen molar-refractivity contribution < 1.29 is 19.4 Å². The van der Waals surface area contributed by atoms with E-state index in [1.807, 2.05) is 18.2 Å². The van der Waals surface area contributed by atoms with Gasteiger partial charge in [0, 0.05) is 13.2 Å². The van der Waals surface area contributed by atoms with Gasteiger partial charge in [-0.3, -0.25) is 0 Å². The molecule has 4 nitrogen and oxygen atoms in total. The summed E-state index contributed by atoms with van der Waals surface area (Å²) in [5.41, 5.74) is 0.578. The van der Waals surface area contributed by atoms with Gasteiger partial charge in [0.2, 0.25) is 0 Å². The van der Waals surface area contributed by atoms with Crippen molar-refractivity contribution in [2.45, 2.75) is 116 Å². The normalized spacial score (nSPS) is 12.1. The minimum absolute atomic E-state index is 0.118. The van der Waals surface area contributed by atoms with E-state index in [1.54, 1.807) is 12.1 Å². The van der Waals surface area contributed by atoms with Gasteiger partial charge in [-0.25, -0.2) is 4.79 Å². The van der Waals surface area contributed by atoms with Gasteiger partial charge in [-0.1, -0.05) is 109 Å². The van der Waals surface area contributed by atoms with Crippen LogP contribution < -0.4 is 0 Å². The van der Waals surface area contributed by atoms with Crippen molar-refractivity contribution in [1.29, 1.82) is 0 Å². The maximum absolute atomic E-state index is 12.4. The number of rotatable bonds is 22. The molecule has 4 heteroatoms. The van der Waals surface area contributed by atoms with Crippen molar-refractivity contribution in [2.75, 3.05) is 19.8 Å². The first kappa shape index (κ1) is 28.6. The summed E-state index contributed by atoms with van der Waals surface area (Å²) in [6.07, 6.45) is 19.9. The fraction of sp³-hybridized carbons (Fsp3) is 0.750. The second-order valence-corrected chi connectivity index (χ2v) is 8.93. The fourth-order valence-corrected chi connectivity index (χ4v) is 3.92. The van der Waals surface area contributed by atoms with Crippen LogP contribution in [0.3, 0.4) is 0 Å². The van der Waals surface area contributed by atoms with Crippen molar-refractivity contribution in [3.05, 3.63) is 35.9 Å². The zero-order valence-corrected chi connectivity index (χ0v) is 20.6. The molecule has 0 saturated heterocycles. The summed E-state index contributed by atoms with van der Waals surface area (Å²) in [5.74, 6) is -0.285. The second-order valence-electron chi connectivity index (χ2n) is 8.93. The minimum atomic E-state index is -0.285. The topological polar surface area (TPSA) is 55.8 Å². The van der Waals surface area contributed by atoms with E-state index in [0.29, 0.717) is 25.2 Å². The van der Waals surface area contributed by atoms with E-state index in [1.165, 1.54) is 83.5 Å². The van der Waals surface area contributed by atoms with Gasteiger partial charge in [-0.05, 0) is 31.4 Å². The van der Waals surface area contributed by atoms with E-state index in [4.69, 9.17) is 14.6 Å². The summed E-state index contributed by atoms with van der Waals surface area (Å²) in [6.45, 7) is 3.29. The molecule has 0 saturated carbocycles. The maximum atomic E-state index is 12.4. The van der Waals surface area contributed by atoms with Crippen LogP contribution in [-0.2, 0) is 9.47 Å². The van der Waals surface area contributed by atoms with Crippen LogP contribution >= 0.6 is 0 Å². The molecule has 0 aliphatic carbocycles. The summed E-state index contributed by atoms with van der Waals surface area (Å²) in [5, 5.41) is 8.90. The molecule has 1 aromatic rings. The van der Waals surface area contributed by atoms with Gasteiger partial charge < -0.3 is 14.6 Å². The number of esters is 1. The molecule has 1 unspecified atom stereocenters. The molecule has 0 aliphatic rings. The smallest absolute Gasteiger partial charge is 0.338 e. The molecule has 0 heterocycles. The number of carbonyl (C=O) groups is 1. The fourth-order valence-electron chi connectivity index (χ4n) is 3.92. The number of aliphatic hydroxyl groups excluding tert-OH is 1. The number of hydrogen-bond acceptors (Lipinski definition) is 4. The molecule has 0 fully saturated rings. The van der Waals surface area contributed by atoms with Crippen LogP contribution in [0.25, 0.3) is 0 Å². The van der Waals surface area contributed by atoms with Gasteiger partial charge in [0.05, 0.1) is 12.2 Å². The van der Waals surface area contributed by atoms with Gasteiger partial charge in [-0.2, -0.15) is 0 Å². The first-order valence-corrected chi connectivity index (χ1v) is 13.2. The molecule has 0 aromatic heterocycles. The third-order valence-electron chi connectivity index (χ3n) is 5.91. The SMILES string of the molecule is CCCCCCCCCCCCCCCCC(COCCCO)OC(=O)c1ccccc1. The van der Waals surface area contributed by atoms with E-state index >= 15 is 0 Å². The molecular formula is C28H48O4. The lowest BCUT2D eigenvalue weighted by atomic mass is 10.0. The van der Waals surface area contributed by atoms with E-state index in [9.17, 15) is 4.79 Å². The lowest BCUT2D eigenvalue weighted by Gasteiger charge is -2.18. The van der Waals surface area contributed by atoms with Gasteiger partial charge in [0.15, 0.2) is 0 Å². The zero-order chi connectivity index (χ0) is 23.1. The number of unbranched alkanes of at least 4 members (excludes halogenated alkanes) is 13. The molecule has 184 valence electrons. The monoisotopic (exact) mass is 448 g/mol. The van der Waals surface area contributed by atoms with Gasteiger partial charge in [0.25, 0.3) is 0 Å². The third kappa shape index (κ3) is 16.3. The van der Waals surface area contributed by atoms with Crippen molar-refractivity contribution in [2.24, 2.45) is 0 Å². The molecule has 0 radical (unpaired) electrons. The average Bonchev–Trinajstić information content (AvgIpc) is 2.82. The highest BCUT2D eigenvalue weighted by molar-refractivity contribution is 5.89. The lowest BCUT2D eigenvalue weighted by molar-refractivity contribution is -0.00974. The molecule has 0 aliphatic heterocycles. The number of carbonyl (C=O) groups excluding carboxylic acids is 1. The predicted octanol–water partition coefficient (Wildman–Crippen LogP) is 7.48. The largest absolute Gasteiger partial charge is 0.456 e. The second kappa shape index (κ2) is 21.5. The summed E-state index contributed by atoms with van der Waals surface area (Å²) in [6, 6.07) is 9.13. The Kier molecular flexibility index (Phi) is 19.2. The van der Waals surface area contributed by atoms with Crippen LogP contribution in [0.4, 0.5) is 0 Å². The molecular weight excluding hydrogens is 400 g/mol. The number of aliphatic hydroxyl groups is 1.